The molecule has 0 aliphatic carbocycles. The third-order valence-electron chi connectivity index (χ3n) is 5.72. The first kappa shape index (κ1) is 23.8. The van der Waals surface area contributed by atoms with E-state index in [1.807, 2.05) is 0 Å². The highest BCUT2D eigenvalue weighted by Crippen LogP contribution is 2.43. The first-order chi connectivity index (χ1) is 16.2. The lowest BCUT2D eigenvalue weighted by Crippen LogP contribution is -2.26. The predicted molar refractivity (Wildman–Crippen MR) is 126 cm³/mol. The molecule has 1 amide bonds. The largest absolute Gasteiger partial charge is 0.497 e. The quantitative estimate of drug-likeness (QED) is 0.529. The molecule has 1 aliphatic heterocycles. The zero-order valence-electron chi connectivity index (χ0n) is 18.5. The minimum absolute atomic E-state index is 0.00114. The number of hydrogen-bond acceptors (Lipinski definition) is 7. The molecule has 0 spiro atoms. The molecule has 1 unspecified atom stereocenters. The van der Waals surface area contributed by atoms with E-state index in [4.69, 9.17) is 9.47 Å². The van der Waals surface area contributed by atoms with E-state index in [1.54, 1.807) is 36.4 Å². The van der Waals surface area contributed by atoms with Crippen molar-refractivity contribution in [3.8, 4) is 11.5 Å². The molecule has 0 saturated heterocycles. The van der Waals surface area contributed by atoms with Crippen molar-refractivity contribution in [1.82, 2.24) is 5.32 Å². The summed E-state index contributed by atoms with van der Waals surface area (Å²) in [5.74, 6) is -0.104. The van der Waals surface area contributed by atoms with Crippen LogP contribution in [0.2, 0.25) is 0 Å². The first-order valence-corrected chi connectivity index (χ1v) is 13.5. The zero-order valence-corrected chi connectivity index (χ0v) is 20.1. The normalized spacial score (nSPS) is 16.5. The number of ether oxygens (including phenoxy) is 2. The molecule has 0 saturated carbocycles. The number of carbonyl (C=O) groups excluding carboxylic acids is 1. The highest BCUT2D eigenvalue weighted by Gasteiger charge is 2.45. The Morgan fingerprint density at radius 1 is 1.00 bits per heavy atom. The summed E-state index contributed by atoms with van der Waals surface area (Å²) >= 11 is 0. The summed E-state index contributed by atoms with van der Waals surface area (Å²) < 4.78 is 62.9. The molecular formula is C24H23NO7S2. The molecule has 0 radical (unpaired) electrons. The molecule has 1 aliphatic rings. The number of benzene rings is 3. The van der Waals surface area contributed by atoms with E-state index in [1.165, 1.54) is 44.6 Å². The second-order valence-electron chi connectivity index (χ2n) is 7.71. The molecule has 4 rings (SSSR count). The van der Waals surface area contributed by atoms with Gasteiger partial charge < -0.3 is 14.8 Å². The molecule has 0 aromatic heterocycles. The fourth-order valence-electron chi connectivity index (χ4n) is 4.01. The average Bonchev–Trinajstić information content (AvgIpc) is 3.14. The Hall–Kier alpha value is -3.37. The number of nitrogens with one attached hydrogen (secondary N) is 1. The van der Waals surface area contributed by atoms with E-state index in [2.05, 4.69) is 5.32 Å². The Kier molecular flexibility index (Phi) is 6.37. The summed E-state index contributed by atoms with van der Waals surface area (Å²) in [5.41, 5.74) is 0.686. The van der Waals surface area contributed by atoms with Gasteiger partial charge in [0.25, 0.3) is 5.91 Å². The number of hydrogen-bond donors (Lipinski definition) is 1. The fraction of sp³-hybridized carbons (Fsp3) is 0.208. The molecule has 8 nitrogen and oxygen atoms in total. The molecule has 10 heteroatoms. The third kappa shape index (κ3) is 4.26. The van der Waals surface area contributed by atoms with Crippen molar-refractivity contribution in [1.29, 1.82) is 0 Å². The summed E-state index contributed by atoms with van der Waals surface area (Å²) in [6.45, 7) is 0.0819. The SMILES string of the molecule is COc1ccc(CNC(=O)c2cccc3c2C(S(=O)(=O)c2ccccc2)CS3(=O)=O)c(OC)c1. The molecule has 178 valence electrons. The number of rotatable bonds is 7. The Bertz CT molecular complexity index is 1450. The van der Waals surface area contributed by atoms with Crippen molar-refractivity contribution < 1.29 is 31.1 Å². The van der Waals surface area contributed by atoms with Crippen LogP contribution in [0.15, 0.2) is 76.5 Å². The van der Waals surface area contributed by atoms with E-state index < -0.39 is 36.6 Å². The minimum atomic E-state index is -4.06. The second-order valence-corrected chi connectivity index (χ2v) is 11.8. The third-order valence-corrected chi connectivity index (χ3v) is 9.81. The molecule has 0 fully saturated rings. The highest BCUT2D eigenvalue weighted by atomic mass is 32.2. The summed E-state index contributed by atoms with van der Waals surface area (Å²) in [4.78, 5) is 13.0. The Labute approximate surface area is 198 Å². The van der Waals surface area contributed by atoms with Gasteiger partial charge in [-0.1, -0.05) is 24.3 Å². The van der Waals surface area contributed by atoms with Crippen LogP contribution >= 0.6 is 0 Å². The summed E-state index contributed by atoms with van der Waals surface area (Å²) in [6.07, 6.45) is 0. The summed E-state index contributed by atoms with van der Waals surface area (Å²) in [6, 6.07) is 17.0. The molecular weight excluding hydrogens is 478 g/mol. The smallest absolute Gasteiger partial charge is 0.251 e. The van der Waals surface area contributed by atoms with Crippen molar-refractivity contribution in [2.24, 2.45) is 0 Å². The molecule has 34 heavy (non-hydrogen) atoms. The monoisotopic (exact) mass is 501 g/mol. The van der Waals surface area contributed by atoms with Crippen LogP contribution in [-0.2, 0) is 26.2 Å². The number of carbonyl (C=O) groups is 1. The average molecular weight is 502 g/mol. The van der Waals surface area contributed by atoms with Gasteiger partial charge >= 0.3 is 0 Å². The summed E-state index contributed by atoms with van der Waals surface area (Å²) in [7, 11) is -4.92. The zero-order chi connectivity index (χ0) is 24.5. The molecule has 3 aromatic rings. The van der Waals surface area contributed by atoms with E-state index in [-0.39, 0.29) is 27.5 Å². The van der Waals surface area contributed by atoms with E-state index in [0.717, 1.165) is 0 Å². The topological polar surface area (TPSA) is 116 Å². The molecule has 1 N–H and O–H groups in total. The lowest BCUT2D eigenvalue weighted by molar-refractivity contribution is 0.0949. The van der Waals surface area contributed by atoms with Gasteiger partial charge in [-0.25, -0.2) is 16.8 Å². The van der Waals surface area contributed by atoms with Gasteiger partial charge in [-0.2, -0.15) is 0 Å². The van der Waals surface area contributed by atoms with Crippen molar-refractivity contribution in [2.75, 3.05) is 20.0 Å². The highest BCUT2D eigenvalue weighted by molar-refractivity contribution is 7.96. The standard InChI is InChI=1S/C24H23NO7S2/c1-31-17-12-11-16(20(13-17)32-2)14-25-24(26)19-9-6-10-21-23(19)22(15-33(21,27)28)34(29,30)18-7-4-3-5-8-18/h3-13,22H,14-15H2,1-2H3,(H,25,26). The van der Waals surface area contributed by atoms with E-state index in [0.29, 0.717) is 17.1 Å². The number of methoxy groups -OCH3 is 2. The summed E-state index contributed by atoms with van der Waals surface area (Å²) in [5, 5.41) is 1.36. The molecule has 3 aromatic carbocycles. The van der Waals surface area contributed by atoms with Gasteiger partial charge in [0.15, 0.2) is 19.7 Å². The van der Waals surface area contributed by atoms with Crippen LogP contribution in [0.3, 0.4) is 0 Å². The maximum absolute atomic E-state index is 13.4. The maximum Gasteiger partial charge on any atom is 0.251 e. The van der Waals surface area contributed by atoms with E-state index in [9.17, 15) is 21.6 Å². The first-order valence-electron chi connectivity index (χ1n) is 10.3. The van der Waals surface area contributed by atoms with Crippen molar-refractivity contribution in [3.63, 3.8) is 0 Å². The van der Waals surface area contributed by atoms with Crippen LogP contribution in [0, 0.1) is 0 Å². The van der Waals surface area contributed by atoms with Gasteiger partial charge in [0, 0.05) is 29.3 Å². The van der Waals surface area contributed by atoms with Gasteiger partial charge in [0.2, 0.25) is 0 Å². The predicted octanol–water partition coefficient (Wildman–Crippen LogP) is 2.94. The maximum atomic E-state index is 13.4. The Morgan fingerprint density at radius 3 is 2.41 bits per heavy atom. The van der Waals surface area contributed by atoms with Gasteiger partial charge in [-0.15, -0.1) is 0 Å². The van der Waals surface area contributed by atoms with Crippen LogP contribution in [0.1, 0.15) is 26.7 Å². The molecule has 1 heterocycles. The van der Waals surface area contributed by atoms with Crippen molar-refractivity contribution >= 4 is 25.6 Å². The van der Waals surface area contributed by atoms with Crippen molar-refractivity contribution in [3.05, 3.63) is 83.4 Å². The van der Waals surface area contributed by atoms with Crippen LogP contribution in [0.5, 0.6) is 11.5 Å². The fourth-order valence-corrected chi connectivity index (χ4v) is 8.38. The van der Waals surface area contributed by atoms with Crippen molar-refractivity contribution in [2.45, 2.75) is 21.6 Å². The minimum Gasteiger partial charge on any atom is -0.497 e. The Morgan fingerprint density at radius 2 is 1.74 bits per heavy atom. The van der Waals surface area contributed by atoms with Crippen LogP contribution in [0.4, 0.5) is 0 Å². The molecule has 1 atom stereocenters. The van der Waals surface area contributed by atoms with Gasteiger partial charge in [0.1, 0.15) is 16.7 Å². The van der Waals surface area contributed by atoms with E-state index >= 15 is 0 Å². The van der Waals surface area contributed by atoms with Gasteiger partial charge in [-0.3, -0.25) is 4.79 Å². The Balaban J connectivity index is 1.70. The lowest BCUT2D eigenvalue weighted by Gasteiger charge is -2.16. The van der Waals surface area contributed by atoms with Gasteiger partial charge in [-0.05, 0) is 36.4 Å². The van der Waals surface area contributed by atoms with Crippen LogP contribution < -0.4 is 14.8 Å². The number of sulfone groups is 2. The lowest BCUT2D eigenvalue weighted by atomic mass is 10.0. The van der Waals surface area contributed by atoms with Crippen LogP contribution in [-0.4, -0.2) is 42.7 Å². The van der Waals surface area contributed by atoms with Crippen LogP contribution in [0.25, 0.3) is 0 Å². The second kappa shape index (κ2) is 9.11. The number of fused-ring (bicyclic) bond motifs is 1. The number of amides is 1. The van der Waals surface area contributed by atoms with Gasteiger partial charge in [0.05, 0.1) is 29.8 Å². The molecule has 0 bridgehead atoms.